The third-order valence-corrected chi connectivity index (χ3v) is 9.66. The van der Waals surface area contributed by atoms with Crippen molar-refractivity contribution in [2.75, 3.05) is 31.5 Å². The number of ether oxygens (including phenoxy) is 1. The van der Waals surface area contributed by atoms with Gasteiger partial charge in [0.05, 0.1) is 11.1 Å². The number of para-hydroxylation sites is 1. The van der Waals surface area contributed by atoms with Crippen molar-refractivity contribution in [2.24, 2.45) is 11.1 Å². The van der Waals surface area contributed by atoms with Gasteiger partial charge < -0.3 is 26.0 Å². The van der Waals surface area contributed by atoms with Crippen molar-refractivity contribution < 1.29 is 27.9 Å². The van der Waals surface area contributed by atoms with Crippen LogP contribution in [0.4, 0.5) is 19.3 Å². The summed E-state index contributed by atoms with van der Waals surface area (Å²) in [5, 5.41) is 7.29. The van der Waals surface area contributed by atoms with Crippen LogP contribution in [-0.4, -0.2) is 71.6 Å². The molecule has 2 aromatic carbocycles. The summed E-state index contributed by atoms with van der Waals surface area (Å²) < 4.78 is 34.2. The van der Waals surface area contributed by atoms with Crippen LogP contribution in [0.3, 0.4) is 0 Å². The third-order valence-electron chi connectivity index (χ3n) is 9.66. The van der Waals surface area contributed by atoms with Gasteiger partial charge in [-0.25, -0.2) is 13.6 Å². The Balaban J connectivity index is 1.11. The molecule has 9 nitrogen and oxygen atoms in total. The van der Waals surface area contributed by atoms with Crippen LogP contribution in [0.5, 0.6) is 0 Å². The van der Waals surface area contributed by atoms with Crippen molar-refractivity contribution in [3.05, 3.63) is 53.7 Å². The fourth-order valence-electron chi connectivity index (χ4n) is 7.26. The number of alkyl carbamates (subject to hydrolysis) is 1. The topological polar surface area (TPSA) is 119 Å². The molecule has 4 N–H and O–H groups in total. The number of halogens is 2. The van der Waals surface area contributed by atoms with Gasteiger partial charge in [0.2, 0.25) is 5.91 Å². The molecule has 246 valence electrons. The van der Waals surface area contributed by atoms with Crippen molar-refractivity contribution in [1.82, 2.24) is 14.8 Å². The average molecular weight is 636 g/mol. The number of amides is 2. The smallest absolute Gasteiger partial charge is 0.407 e. The van der Waals surface area contributed by atoms with Gasteiger partial charge in [0.15, 0.2) is 0 Å². The first kappa shape index (κ1) is 32.0. The van der Waals surface area contributed by atoms with E-state index in [0.717, 1.165) is 47.0 Å². The van der Waals surface area contributed by atoms with Crippen LogP contribution >= 0.6 is 0 Å². The minimum atomic E-state index is -2.59. The molecule has 1 aromatic heterocycles. The van der Waals surface area contributed by atoms with Crippen LogP contribution < -0.4 is 16.4 Å². The zero-order chi connectivity index (χ0) is 32.6. The molecule has 6 rings (SSSR count). The molecule has 1 aliphatic carbocycles. The molecule has 0 atom stereocenters. The molecule has 3 aliphatic rings. The van der Waals surface area contributed by atoms with E-state index in [1.807, 2.05) is 45.9 Å². The number of carbonyl (C=O) groups excluding carboxylic acids is 3. The van der Waals surface area contributed by atoms with Crippen molar-refractivity contribution >= 4 is 34.5 Å². The molecule has 0 radical (unpaired) electrons. The van der Waals surface area contributed by atoms with Gasteiger partial charge in [-0.1, -0.05) is 38.1 Å². The van der Waals surface area contributed by atoms with Gasteiger partial charge in [-0.3, -0.25) is 14.2 Å². The molecular weight excluding hydrogens is 592 g/mol. The van der Waals surface area contributed by atoms with E-state index in [-0.39, 0.29) is 36.3 Å². The molecule has 1 saturated heterocycles. The number of nitrogens with zero attached hydrogens (tertiary/aromatic N) is 2. The summed E-state index contributed by atoms with van der Waals surface area (Å²) in [6.07, 6.45) is 2.99. The summed E-state index contributed by atoms with van der Waals surface area (Å²) in [5.41, 5.74) is 10.4. The van der Waals surface area contributed by atoms with E-state index in [9.17, 15) is 23.2 Å². The van der Waals surface area contributed by atoms with Gasteiger partial charge in [0.25, 0.3) is 11.8 Å². The molecule has 11 heteroatoms. The fourth-order valence-corrected chi connectivity index (χ4v) is 7.26. The summed E-state index contributed by atoms with van der Waals surface area (Å²) >= 11 is 0. The first-order valence-corrected chi connectivity index (χ1v) is 16.3. The number of anilines is 1. The zero-order valence-corrected chi connectivity index (χ0v) is 26.5. The normalized spacial score (nSPS) is 22.7. The second kappa shape index (κ2) is 12.7. The molecular formula is C35H43F2N5O4. The van der Waals surface area contributed by atoms with Crippen molar-refractivity contribution in [3.8, 4) is 11.1 Å². The Hall–Kier alpha value is -3.99. The summed E-state index contributed by atoms with van der Waals surface area (Å²) in [6.45, 7) is 5.74. The number of hydrogen-bond acceptors (Lipinski definition) is 6. The Morgan fingerprint density at radius 2 is 1.74 bits per heavy atom. The number of piperidine rings is 1. The molecule has 2 aliphatic heterocycles. The summed E-state index contributed by atoms with van der Waals surface area (Å²) in [5.74, 6) is -3.03. The fraction of sp³-hybridized carbons (Fsp3) is 0.514. The molecule has 0 unspecified atom stereocenters. The van der Waals surface area contributed by atoms with E-state index in [0.29, 0.717) is 56.7 Å². The predicted molar refractivity (Wildman–Crippen MR) is 173 cm³/mol. The van der Waals surface area contributed by atoms with Crippen LogP contribution in [0.15, 0.2) is 42.5 Å². The highest BCUT2D eigenvalue weighted by molar-refractivity contribution is 6.06. The minimum absolute atomic E-state index is 0.0497. The number of likely N-dealkylation sites (tertiary alicyclic amines) is 1. The van der Waals surface area contributed by atoms with Crippen LogP contribution in [0.1, 0.15) is 79.6 Å². The number of fused-ring (bicyclic) bond motifs is 3. The standard InChI is InChI=1S/C35H43F2N5O4/c1-34(2)20-29-31(26-5-3-4-6-28(26)42(29)30(43)21-34)22-7-12-25(32(38)44)27(19-22)40-23-8-10-24(11-9-23)46-33(45)39-15-18-41-16-13-35(36,37)14-17-41/h3-7,12,19,23-24,40H,8-11,13-18,20-21H2,1-2H3,(H2,38,44)(H,39,45). The van der Waals surface area contributed by atoms with Gasteiger partial charge in [-0.2, -0.15) is 0 Å². The first-order valence-electron chi connectivity index (χ1n) is 16.3. The van der Waals surface area contributed by atoms with Crippen molar-refractivity contribution in [2.45, 2.75) is 83.3 Å². The van der Waals surface area contributed by atoms with Crippen LogP contribution in [0, 0.1) is 5.41 Å². The number of rotatable bonds is 8. The number of alkyl halides is 2. The van der Waals surface area contributed by atoms with E-state index in [1.165, 1.54) is 0 Å². The van der Waals surface area contributed by atoms with Crippen LogP contribution in [0.2, 0.25) is 0 Å². The van der Waals surface area contributed by atoms with Gasteiger partial charge >= 0.3 is 6.09 Å². The highest BCUT2D eigenvalue weighted by atomic mass is 19.3. The highest BCUT2D eigenvalue weighted by Crippen LogP contribution is 2.43. The Morgan fingerprint density at radius 3 is 2.46 bits per heavy atom. The molecule has 2 fully saturated rings. The number of hydrogen-bond donors (Lipinski definition) is 3. The average Bonchev–Trinajstić information content (AvgIpc) is 3.32. The lowest BCUT2D eigenvalue weighted by atomic mass is 9.80. The number of aromatic nitrogens is 1. The molecule has 3 heterocycles. The number of nitrogens with one attached hydrogen (secondary N) is 2. The monoisotopic (exact) mass is 635 g/mol. The van der Waals surface area contributed by atoms with Gasteiger partial charge in [0, 0.05) is 73.8 Å². The summed E-state index contributed by atoms with van der Waals surface area (Å²) in [4.78, 5) is 40.1. The summed E-state index contributed by atoms with van der Waals surface area (Å²) in [7, 11) is 0. The predicted octanol–water partition coefficient (Wildman–Crippen LogP) is 6.20. The lowest BCUT2D eigenvalue weighted by Gasteiger charge is -2.32. The number of carbonyl (C=O) groups is 3. The molecule has 3 aromatic rings. The van der Waals surface area contributed by atoms with E-state index in [2.05, 4.69) is 24.5 Å². The number of benzene rings is 2. The quantitative estimate of drug-likeness (QED) is 0.271. The maximum absolute atomic E-state index is 13.4. The van der Waals surface area contributed by atoms with E-state index < -0.39 is 17.9 Å². The van der Waals surface area contributed by atoms with Gasteiger partial charge in [0.1, 0.15) is 6.10 Å². The minimum Gasteiger partial charge on any atom is -0.446 e. The largest absolute Gasteiger partial charge is 0.446 e. The molecule has 2 amide bonds. The van der Waals surface area contributed by atoms with E-state index >= 15 is 0 Å². The van der Waals surface area contributed by atoms with Crippen LogP contribution in [-0.2, 0) is 11.2 Å². The Bertz CT molecular complexity index is 1630. The second-order valence-corrected chi connectivity index (χ2v) is 13.9. The summed E-state index contributed by atoms with van der Waals surface area (Å²) in [6, 6.07) is 13.6. The number of nitrogens with two attached hydrogens (primary N) is 1. The number of primary amides is 1. The molecule has 0 bridgehead atoms. The van der Waals surface area contributed by atoms with E-state index in [4.69, 9.17) is 10.5 Å². The van der Waals surface area contributed by atoms with E-state index in [1.54, 1.807) is 6.07 Å². The molecule has 0 spiro atoms. The lowest BCUT2D eigenvalue weighted by molar-refractivity contribution is -0.0548. The van der Waals surface area contributed by atoms with Crippen molar-refractivity contribution in [1.29, 1.82) is 0 Å². The Kier molecular flexibility index (Phi) is 8.80. The highest BCUT2D eigenvalue weighted by Gasteiger charge is 2.36. The Morgan fingerprint density at radius 1 is 1.02 bits per heavy atom. The lowest BCUT2D eigenvalue weighted by Crippen LogP contribution is -2.43. The molecule has 46 heavy (non-hydrogen) atoms. The maximum Gasteiger partial charge on any atom is 0.407 e. The second-order valence-electron chi connectivity index (χ2n) is 13.9. The third kappa shape index (κ3) is 6.89. The maximum atomic E-state index is 13.4. The SMILES string of the molecule is CC1(C)CC(=O)n2c(c(-c3ccc(C(N)=O)c(NC4CCC(OC(=O)NCCN5CCC(F)(F)CC5)CC4)c3)c3ccccc32)C1. The Labute approximate surface area is 267 Å². The first-order chi connectivity index (χ1) is 21.9. The van der Waals surface area contributed by atoms with Crippen LogP contribution in [0.25, 0.3) is 22.0 Å². The zero-order valence-electron chi connectivity index (χ0n) is 26.5. The molecule has 1 saturated carbocycles. The van der Waals surface area contributed by atoms with Gasteiger partial charge in [-0.15, -0.1) is 0 Å². The van der Waals surface area contributed by atoms with Crippen molar-refractivity contribution in [3.63, 3.8) is 0 Å². The van der Waals surface area contributed by atoms with Gasteiger partial charge in [-0.05, 0) is 61.3 Å².